The van der Waals surface area contributed by atoms with Gasteiger partial charge in [-0.15, -0.1) is 0 Å². The van der Waals surface area contributed by atoms with Gasteiger partial charge in [0.25, 0.3) is 0 Å². The lowest BCUT2D eigenvalue weighted by Crippen LogP contribution is -2.10. The highest BCUT2D eigenvalue weighted by atomic mass is 35.5. The predicted octanol–water partition coefficient (Wildman–Crippen LogP) is 7.84. The normalized spacial score (nSPS) is 10.8. The van der Waals surface area contributed by atoms with Gasteiger partial charge in [-0.1, -0.05) is 107 Å². The average Bonchev–Trinajstić information content (AvgIpc) is 2.78. The van der Waals surface area contributed by atoms with E-state index in [1.54, 1.807) is 0 Å². The molecule has 0 aromatic heterocycles. The largest absolute Gasteiger partial charge is 0.466 e. The highest BCUT2D eigenvalue weighted by Gasteiger charge is 2.08. The minimum Gasteiger partial charge on any atom is -0.466 e. The zero-order valence-corrected chi connectivity index (χ0v) is 20.8. The maximum atomic E-state index is 11.8. The van der Waals surface area contributed by atoms with Crippen LogP contribution in [0.3, 0.4) is 0 Å². The third-order valence-corrected chi connectivity index (χ3v) is 5.98. The van der Waals surface area contributed by atoms with Crippen molar-refractivity contribution in [1.82, 2.24) is 0 Å². The van der Waals surface area contributed by atoms with Crippen molar-refractivity contribution in [3.05, 3.63) is 34.9 Å². The maximum Gasteiger partial charge on any atom is 0.305 e. The van der Waals surface area contributed by atoms with Gasteiger partial charge in [-0.25, -0.2) is 0 Å². The standard InChI is InChI=1S/C27H43ClO4/c1-2-3-4-5-6-7-8-9-10-11-12-15-22-31-26(29)19-16-20-27(30)32-23-21-24-17-13-14-18-25(24)28/h13-14,17-18H,2-12,15-16,19-23H2,1H3. The zero-order valence-electron chi connectivity index (χ0n) is 20.0. The van der Waals surface area contributed by atoms with Gasteiger partial charge in [-0.05, 0) is 24.5 Å². The van der Waals surface area contributed by atoms with E-state index >= 15 is 0 Å². The maximum absolute atomic E-state index is 11.8. The highest BCUT2D eigenvalue weighted by molar-refractivity contribution is 6.31. The van der Waals surface area contributed by atoms with Crippen LogP contribution in [0.25, 0.3) is 0 Å². The number of halogens is 1. The van der Waals surface area contributed by atoms with Crippen molar-refractivity contribution in [3.8, 4) is 0 Å². The molecule has 0 saturated heterocycles. The summed E-state index contributed by atoms with van der Waals surface area (Å²) in [6, 6.07) is 7.52. The molecule has 0 aliphatic heterocycles. The number of rotatable bonds is 20. The van der Waals surface area contributed by atoms with Gasteiger partial charge in [0.15, 0.2) is 0 Å². The first-order valence-electron chi connectivity index (χ1n) is 12.7. The molecular formula is C27H43ClO4. The Balaban J connectivity index is 1.86. The third-order valence-electron chi connectivity index (χ3n) is 5.62. The Morgan fingerprint density at radius 1 is 0.688 bits per heavy atom. The van der Waals surface area contributed by atoms with Gasteiger partial charge in [0.05, 0.1) is 13.2 Å². The molecule has 0 N–H and O–H groups in total. The van der Waals surface area contributed by atoms with Gasteiger partial charge in [0.2, 0.25) is 0 Å². The quantitative estimate of drug-likeness (QED) is 0.145. The van der Waals surface area contributed by atoms with E-state index in [1.165, 1.54) is 64.2 Å². The molecule has 0 bridgehead atoms. The average molecular weight is 467 g/mol. The van der Waals surface area contributed by atoms with Crippen LogP contribution in [0.1, 0.15) is 109 Å². The molecule has 1 rings (SSSR count). The Bertz CT molecular complexity index is 617. The van der Waals surface area contributed by atoms with E-state index in [1.807, 2.05) is 24.3 Å². The van der Waals surface area contributed by atoms with Crippen LogP contribution in [0.2, 0.25) is 5.02 Å². The second-order valence-corrected chi connectivity index (χ2v) is 8.93. The van der Waals surface area contributed by atoms with E-state index in [0.29, 0.717) is 31.1 Å². The topological polar surface area (TPSA) is 52.6 Å². The molecule has 0 heterocycles. The number of unbranched alkanes of at least 4 members (excludes halogenated alkanes) is 11. The van der Waals surface area contributed by atoms with Crippen molar-refractivity contribution >= 4 is 23.5 Å². The summed E-state index contributed by atoms with van der Waals surface area (Å²) in [6.45, 7) is 3.04. The molecule has 0 atom stereocenters. The molecule has 1 aromatic rings. The van der Waals surface area contributed by atoms with E-state index in [9.17, 15) is 9.59 Å². The van der Waals surface area contributed by atoms with Crippen molar-refractivity contribution in [2.75, 3.05) is 13.2 Å². The fourth-order valence-electron chi connectivity index (χ4n) is 3.63. The second-order valence-electron chi connectivity index (χ2n) is 8.52. The first kappa shape index (κ1) is 28.5. The minimum atomic E-state index is -0.286. The lowest BCUT2D eigenvalue weighted by Gasteiger charge is -2.07. The molecule has 0 unspecified atom stereocenters. The summed E-state index contributed by atoms with van der Waals surface area (Å²) >= 11 is 6.08. The summed E-state index contributed by atoms with van der Waals surface area (Å²) in [7, 11) is 0. The van der Waals surface area contributed by atoms with Crippen LogP contribution in [-0.4, -0.2) is 25.2 Å². The number of ether oxygens (including phenoxy) is 2. The molecule has 5 heteroatoms. The van der Waals surface area contributed by atoms with E-state index < -0.39 is 0 Å². The number of benzene rings is 1. The van der Waals surface area contributed by atoms with Gasteiger partial charge >= 0.3 is 11.9 Å². The number of hydrogen-bond acceptors (Lipinski definition) is 4. The molecule has 32 heavy (non-hydrogen) atoms. The molecule has 0 saturated carbocycles. The van der Waals surface area contributed by atoms with Crippen LogP contribution in [0.4, 0.5) is 0 Å². The summed E-state index contributed by atoms with van der Waals surface area (Å²) in [5, 5.41) is 0.680. The van der Waals surface area contributed by atoms with E-state index in [-0.39, 0.29) is 24.8 Å². The van der Waals surface area contributed by atoms with E-state index in [2.05, 4.69) is 6.92 Å². The molecule has 0 aliphatic rings. The van der Waals surface area contributed by atoms with Gasteiger partial charge < -0.3 is 9.47 Å². The predicted molar refractivity (Wildman–Crippen MR) is 132 cm³/mol. The fourth-order valence-corrected chi connectivity index (χ4v) is 3.86. The molecular weight excluding hydrogens is 424 g/mol. The van der Waals surface area contributed by atoms with Gasteiger partial charge in [0, 0.05) is 24.3 Å². The van der Waals surface area contributed by atoms with E-state index in [0.717, 1.165) is 18.4 Å². The summed E-state index contributed by atoms with van der Waals surface area (Å²) in [5.41, 5.74) is 0.961. The Morgan fingerprint density at radius 2 is 1.19 bits per heavy atom. The highest BCUT2D eigenvalue weighted by Crippen LogP contribution is 2.15. The van der Waals surface area contributed by atoms with Gasteiger partial charge in [-0.2, -0.15) is 0 Å². The van der Waals surface area contributed by atoms with Crippen LogP contribution in [0.15, 0.2) is 24.3 Å². The SMILES string of the molecule is CCCCCCCCCCCCCCOC(=O)CCCC(=O)OCCc1ccccc1Cl. The number of hydrogen-bond donors (Lipinski definition) is 0. The Morgan fingerprint density at radius 3 is 1.75 bits per heavy atom. The molecule has 0 amide bonds. The fraction of sp³-hybridized carbons (Fsp3) is 0.704. The number of esters is 2. The van der Waals surface area contributed by atoms with Crippen LogP contribution in [0, 0.1) is 0 Å². The Hall–Kier alpha value is -1.55. The summed E-state index contributed by atoms with van der Waals surface area (Å²) in [4.78, 5) is 23.6. The monoisotopic (exact) mass is 466 g/mol. The van der Waals surface area contributed by atoms with Crippen molar-refractivity contribution in [2.45, 2.75) is 110 Å². The zero-order chi connectivity index (χ0) is 23.3. The molecule has 4 nitrogen and oxygen atoms in total. The third kappa shape index (κ3) is 16.1. The molecule has 182 valence electrons. The van der Waals surface area contributed by atoms with Crippen LogP contribution < -0.4 is 0 Å². The summed E-state index contributed by atoms with van der Waals surface area (Å²) in [5.74, 6) is -0.511. The van der Waals surface area contributed by atoms with Crippen molar-refractivity contribution < 1.29 is 19.1 Å². The van der Waals surface area contributed by atoms with Crippen molar-refractivity contribution in [3.63, 3.8) is 0 Å². The van der Waals surface area contributed by atoms with Crippen LogP contribution in [0.5, 0.6) is 0 Å². The van der Waals surface area contributed by atoms with Crippen LogP contribution in [-0.2, 0) is 25.5 Å². The number of carbonyl (C=O) groups excluding carboxylic acids is 2. The minimum absolute atomic E-state index is 0.225. The smallest absolute Gasteiger partial charge is 0.305 e. The first-order valence-corrected chi connectivity index (χ1v) is 13.1. The molecule has 0 aliphatic carbocycles. The van der Waals surface area contributed by atoms with Gasteiger partial charge in [0.1, 0.15) is 0 Å². The molecule has 0 radical (unpaired) electrons. The van der Waals surface area contributed by atoms with Gasteiger partial charge in [-0.3, -0.25) is 9.59 Å². The Kier molecular flexibility index (Phi) is 17.9. The van der Waals surface area contributed by atoms with Crippen molar-refractivity contribution in [2.24, 2.45) is 0 Å². The van der Waals surface area contributed by atoms with Crippen LogP contribution >= 0.6 is 11.6 Å². The van der Waals surface area contributed by atoms with Crippen molar-refractivity contribution in [1.29, 1.82) is 0 Å². The molecule has 0 spiro atoms. The lowest BCUT2D eigenvalue weighted by molar-refractivity contribution is -0.145. The summed E-state index contributed by atoms with van der Waals surface area (Å²) < 4.78 is 10.5. The lowest BCUT2D eigenvalue weighted by atomic mass is 10.1. The first-order chi connectivity index (χ1) is 15.6. The second kappa shape index (κ2) is 20.1. The molecule has 0 fully saturated rings. The Labute approximate surface area is 200 Å². The van der Waals surface area contributed by atoms with E-state index in [4.69, 9.17) is 21.1 Å². The number of carbonyl (C=O) groups is 2. The molecule has 1 aromatic carbocycles. The summed E-state index contributed by atoms with van der Waals surface area (Å²) in [6.07, 6.45) is 17.0.